The standard InChI is InChI=1S/C34H42N4O5/c1-3-41-30-16-13-25(22-31(30)42-4-2)32-28-9-5-6-10-29(28)34(40)38(35-32)26-14-11-24(12-15-26)33(39)37-19-17-36(18-20-37)23-27-8-7-21-43-27/h5-6,11-16,22,27-29H,3-4,7-10,17-21,23H2,1-2H3/t27?,28-,29+/m0/s1. The van der Waals surface area contributed by atoms with Gasteiger partial charge in [0.2, 0.25) is 0 Å². The molecule has 3 atom stereocenters. The number of rotatable bonds is 9. The molecule has 3 aliphatic heterocycles. The molecule has 0 bridgehead atoms. The van der Waals surface area contributed by atoms with Crippen LogP contribution < -0.4 is 14.5 Å². The Morgan fingerprint density at radius 1 is 0.930 bits per heavy atom. The molecule has 0 N–H and O–H groups in total. The van der Waals surface area contributed by atoms with Gasteiger partial charge in [0, 0.05) is 56.4 Å². The second-order valence-electron chi connectivity index (χ2n) is 11.6. The van der Waals surface area contributed by atoms with E-state index >= 15 is 0 Å². The van der Waals surface area contributed by atoms with E-state index in [-0.39, 0.29) is 23.7 Å². The number of benzene rings is 2. The Morgan fingerprint density at radius 2 is 1.65 bits per heavy atom. The molecule has 0 aromatic heterocycles. The molecule has 2 aromatic carbocycles. The summed E-state index contributed by atoms with van der Waals surface area (Å²) in [6.45, 7) is 9.89. The summed E-state index contributed by atoms with van der Waals surface area (Å²) in [5.74, 6) is 1.16. The number of anilines is 1. The highest BCUT2D eigenvalue weighted by Crippen LogP contribution is 2.38. The smallest absolute Gasteiger partial charge is 0.253 e. The monoisotopic (exact) mass is 586 g/mol. The van der Waals surface area contributed by atoms with Crippen molar-refractivity contribution in [2.75, 3.05) is 57.6 Å². The van der Waals surface area contributed by atoms with E-state index in [1.54, 1.807) is 0 Å². The zero-order chi connectivity index (χ0) is 29.8. The molecule has 3 heterocycles. The molecule has 0 radical (unpaired) electrons. The lowest BCUT2D eigenvalue weighted by molar-refractivity contribution is -0.123. The lowest BCUT2D eigenvalue weighted by Gasteiger charge is -2.37. The Balaban J connectivity index is 1.20. The highest BCUT2D eigenvalue weighted by Gasteiger charge is 2.41. The van der Waals surface area contributed by atoms with Gasteiger partial charge in [-0.1, -0.05) is 12.2 Å². The van der Waals surface area contributed by atoms with E-state index in [1.807, 2.05) is 61.2 Å². The minimum absolute atomic E-state index is 0.0130. The van der Waals surface area contributed by atoms with E-state index in [1.165, 1.54) is 5.01 Å². The van der Waals surface area contributed by atoms with Crippen LogP contribution in [0.15, 0.2) is 59.7 Å². The number of nitrogens with zero attached hydrogens (tertiary/aromatic N) is 4. The average molecular weight is 587 g/mol. The van der Waals surface area contributed by atoms with Crippen molar-refractivity contribution in [3.05, 3.63) is 65.7 Å². The number of ether oxygens (including phenoxy) is 3. The Morgan fingerprint density at radius 3 is 2.35 bits per heavy atom. The average Bonchev–Trinajstić information content (AvgIpc) is 3.56. The summed E-state index contributed by atoms with van der Waals surface area (Å²) < 4.78 is 17.4. The van der Waals surface area contributed by atoms with Crippen LogP contribution in [0.25, 0.3) is 0 Å². The summed E-state index contributed by atoms with van der Waals surface area (Å²) in [7, 11) is 0. The SMILES string of the molecule is CCOc1ccc(C2=NN(c3ccc(C(=O)N4CCN(CC5CCCO5)CC4)cc3)C(=O)[C@@H]3CC=CC[C@H]23)cc1OCC. The molecule has 2 fully saturated rings. The predicted octanol–water partition coefficient (Wildman–Crippen LogP) is 4.75. The maximum atomic E-state index is 13.7. The summed E-state index contributed by atoms with van der Waals surface area (Å²) >= 11 is 0. The van der Waals surface area contributed by atoms with Crippen LogP contribution in [0.5, 0.6) is 11.5 Å². The Kier molecular flexibility index (Phi) is 9.09. The second-order valence-corrected chi connectivity index (χ2v) is 11.6. The van der Waals surface area contributed by atoms with Crippen molar-refractivity contribution in [3.63, 3.8) is 0 Å². The minimum Gasteiger partial charge on any atom is -0.490 e. The fraction of sp³-hybridized carbons (Fsp3) is 0.500. The highest BCUT2D eigenvalue weighted by atomic mass is 16.5. The molecule has 9 heteroatoms. The summed E-state index contributed by atoms with van der Waals surface area (Å²) in [6, 6.07) is 13.2. The van der Waals surface area contributed by atoms with E-state index in [0.29, 0.717) is 61.6 Å². The predicted molar refractivity (Wildman–Crippen MR) is 166 cm³/mol. The molecule has 0 saturated carbocycles. The fourth-order valence-electron chi connectivity index (χ4n) is 6.58. The number of fused-ring (bicyclic) bond motifs is 1. The third kappa shape index (κ3) is 6.33. The van der Waals surface area contributed by atoms with Crippen LogP contribution in [0.2, 0.25) is 0 Å². The first-order valence-electron chi connectivity index (χ1n) is 15.8. The molecule has 43 heavy (non-hydrogen) atoms. The van der Waals surface area contributed by atoms with Gasteiger partial charge < -0.3 is 19.1 Å². The molecule has 2 amide bonds. The maximum Gasteiger partial charge on any atom is 0.253 e. The maximum absolute atomic E-state index is 13.7. The molecule has 1 unspecified atom stereocenters. The number of hydrazone groups is 1. The lowest BCUT2D eigenvalue weighted by atomic mass is 9.76. The Hall–Kier alpha value is -3.69. The number of hydrogen-bond acceptors (Lipinski definition) is 7. The lowest BCUT2D eigenvalue weighted by Crippen LogP contribution is -2.50. The molecule has 2 aromatic rings. The van der Waals surface area contributed by atoms with Crippen molar-refractivity contribution in [2.24, 2.45) is 16.9 Å². The Labute approximate surface area is 254 Å². The molecule has 2 saturated heterocycles. The van der Waals surface area contributed by atoms with Crippen molar-refractivity contribution in [1.82, 2.24) is 9.80 Å². The summed E-state index contributed by atoms with van der Waals surface area (Å²) in [6.07, 6.45) is 8.26. The van der Waals surface area contributed by atoms with Crippen LogP contribution in [0.1, 0.15) is 55.5 Å². The molecule has 6 rings (SSSR count). The first-order valence-corrected chi connectivity index (χ1v) is 15.8. The van der Waals surface area contributed by atoms with Gasteiger partial charge in [0.1, 0.15) is 0 Å². The van der Waals surface area contributed by atoms with Crippen molar-refractivity contribution in [2.45, 2.75) is 45.6 Å². The topological polar surface area (TPSA) is 83.9 Å². The fourth-order valence-corrected chi connectivity index (χ4v) is 6.58. The quantitative estimate of drug-likeness (QED) is 0.395. The molecule has 228 valence electrons. The van der Waals surface area contributed by atoms with E-state index in [4.69, 9.17) is 19.3 Å². The first-order chi connectivity index (χ1) is 21.1. The third-order valence-electron chi connectivity index (χ3n) is 8.86. The van der Waals surface area contributed by atoms with Gasteiger partial charge in [-0.2, -0.15) is 5.10 Å². The Bertz CT molecular complexity index is 1360. The van der Waals surface area contributed by atoms with Crippen molar-refractivity contribution in [3.8, 4) is 11.5 Å². The van der Waals surface area contributed by atoms with Crippen molar-refractivity contribution in [1.29, 1.82) is 0 Å². The zero-order valence-corrected chi connectivity index (χ0v) is 25.2. The molecular weight excluding hydrogens is 544 g/mol. The molecule has 1 aliphatic carbocycles. The number of carbonyl (C=O) groups excluding carboxylic acids is 2. The van der Waals surface area contributed by atoms with E-state index in [0.717, 1.165) is 56.8 Å². The number of piperazine rings is 1. The van der Waals surface area contributed by atoms with Gasteiger partial charge in [-0.3, -0.25) is 14.5 Å². The van der Waals surface area contributed by atoms with E-state index < -0.39 is 0 Å². The van der Waals surface area contributed by atoms with Crippen LogP contribution in [0.4, 0.5) is 5.69 Å². The number of amides is 2. The molecule has 0 spiro atoms. The minimum atomic E-state index is -0.202. The van der Waals surface area contributed by atoms with Crippen molar-refractivity contribution >= 4 is 23.2 Å². The number of carbonyl (C=O) groups is 2. The largest absolute Gasteiger partial charge is 0.490 e. The van der Waals surface area contributed by atoms with Gasteiger partial charge in [0.05, 0.1) is 36.6 Å². The van der Waals surface area contributed by atoms with E-state index in [2.05, 4.69) is 17.1 Å². The molecule has 9 nitrogen and oxygen atoms in total. The van der Waals surface area contributed by atoms with Crippen molar-refractivity contribution < 1.29 is 23.8 Å². The number of allylic oxidation sites excluding steroid dienone is 2. The summed E-state index contributed by atoms with van der Waals surface area (Å²) in [5.41, 5.74) is 3.06. The summed E-state index contributed by atoms with van der Waals surface area (Å²) in [4.78, 5) is 31.4. The van der Waals surface area contributed by atoms with Gasteiger partial charge >= 0.3 is 0 Å². The van der Waals surface area contributed by atoms with Crippen LogP contribution >= 0.6 is 0 Å². The third-order valence-corrected chi connectivity index (χ3v) is 8.86. The summed E-state index contributed by atoms with van der Waals surface area (Å²) in [5, 5.41) is 6.46. The second kappa shape index (κ2) is 13.3. The van der Waals surface area contributed by atoms with Crippen LogP contribution in [-0.4, -0.2) is 86.0 Å². The van der Waals surface area contributed by atoms with Crippen LogP contribution in [-0.2, 0) is 9.53 Å². The van der Waals surface area contributed by atoms with Gasteiger partial charge in [-0.05, 0) is 82.0 Å². The van der Waals surface area contributed by atoms with Gasteiger partial charge in [0.25, 0.3) is 11.8 Å². The van der Waals surface area contributed by atoms with Gasteiger partial charge in [-0.25, -0.2) is 5.01 Å². The number of hydrogen-bond donors (Lipinski definition) is 0. The van der Waals surface area contributed by atoms with Crippen LogP contribution in [0, 0.1) is 11.8 Å². The van der Waals surface area contributed by atoms with Gasteiger partial charge in [-0.15, -0.1) is 0 Å². The van der Waals surface area contributed by atoms with Crippen LogP contribution in [0.3, 0.4) is 0 Å². The molecular formula is C34H42N4O5. The molecule has 4 aliphatic rings. The first kappa shape index (κ1) is 29.4. The highest BCUT2D eigenvalue weighted by molar-refractivity contribution is 6.11. The zero-order valence-electron chi connectivity index (χ0n) is 25.2. The van der Waals surface area contributed by atoms with Gasteiger partial charge in [0.15, 0.2) is 11.5 Å². The van der Waals surface area contributed by atoms with E-state index in [9.17, 15) is 9.59 Å². The normalized spacial score (nSPS) is 24.1.